The van der Waals surface area contributed by atoms with Crippen LogP contribution in [0.3, 0.4) is 0 Å². The standard InChI is InChI=1S/C13H17BrFN/c1-9(16-7-6-10-2-3-10)11-4-5-13(15)12(14)8-11/h4-5,8-10,16H,2-3,6-7H2,1H3. The van der Waals surface area contributed by atoms with E-state index in [4.69, 9.17) is 0 Å². The van der Waals surface area contributed by atoms with Crippen LogP contribution in [-0.4, -0.2) is 6.54 Å². The van der Waals surface area contributed by atoms with Crippen molar-refractivity contribution in [1.29, 1.82) is 0 Å². The fourth-order valence-corrected chi connectivity index (χ4v) is 2.21. The molecule has 88 valence electrons. The molecule has 1 N–H and O–H groups in total. The molecule has 16 heavy (non-hydrogen) atoms. The number of halogens is 2. The summed E-state index contributed by atoms with van der Waals surface area (Å²) >= 11 is 3.21. The second-order valence-electron chi connectivity index (χ2n) is 4.58. The van der Waals surface area contributed by atoms with Gasteiger partial charge in [0.05, 0.1) is 4.47 Å². The van der Waals surface area contributed by atoms with E-state index in [1.54, 1.807) is 0 Å². The highest BCUT2D eigenvalue weighted by atomic mass is 79.9. The molecule has 3 heteroatoms. The summed E-state index contributed by atoms with van der Waals surface area (Å²) in [5, 5.41) is 3.47. The van der Waals surface area contributed by atoms with Crippen LogP contribution in [0.15, 0.2) is 22.7 Å². The third-order valence-electron chi connectivity index (χ3n) is 3.14. The zero-order chi connectivity index (χ0) is 11.5. The molecule has 1 aliphatic rings. The number of benzene rings is 1. The molecule has 1 fully saturated rings. The monoisotopic (exact) mass is 285 g/mol. The van der Waals surface area contributed by atoms with Crippen molar-refractivity contribution in [2.75, 3.05) is 6.54 Å². The van der Waals surface area contributed by atoms with Crippen molar-refractivity contribution < 1.29 is 4.39 Å². The van der Waals surface area contributed by atoms with Gasteiger partial charge >= 0.3 is 0 Å². The van der Waals surface area contributed by atoms with Crippen molar-refractivity contribution in [3.05, 3.63) is 34.1 Å². The first-order valence-electron chi connectivity index (χ1n) is 5.85. The van der Waals surface area contributed by atoms with Gasteiger partial charge in [-0.3, -0.25) is 0 Å². The molecule has 0 spiro atoms. The quantitative estimate of drug-likeness (QED) is 0.861. The Morgan fingerprint density at radius 2 is 2.25 bits per heavy atom. The zero-order valence-electron chi connectivity index (χ0n) is 9.47. The van der Waals surface area contributed by atoms with Crippen molar-refractivity contribution in [2.24, 2.45) is 5.92 Å². The highest BCUT2D eigenvalue weighted by Crippen LogP contribution is 2.32. The molecule has 1 unspecified atom stereocenters. The average Bonchev–Trinajstić information content (AvgIpc) is 3.06. The Balaban J connectivity index is 1.86. The molecule has 1 nitrogen and oxygen atoms in total. The first-order chi connectivity index (χ1) is 7.66. The minimum atomic E-state index is -0.200. The van der Waals surface area contributed by atoms with E-state index in [1.165, 1.54) is 25.3 Å². The molecule has 0 amide bonds. The number of nitrogens with one attached hydrogen (secondary N) is 1. The van der Waals surface area contributed by atoms with Gasteiger partial charge in [0, 0.05) is 6.04 Å². The van der Waals surface area contributed by atoms with Gasteiger partial charge in [0.25, 0.3) is 0 Å². The SMILES string of the molecule is CC(NCCC1CC1)c1ccc(F)c(Br)c1. The molecular formula is C13H17BrFN. The van der Waals surface area contributed by atoms with Crippen LogP contribution >= 0.6 is 15.9 Å². The van der Waals surface area contributed by atoms with Crippen molar-refractivity contribution in [3.63, 3.8) is 0 Å². The van der Waals surface area contributed by atoms with E-state index in [1.807, 2.05) is 12.1 Å². The van der Waals surface area contributed by atoms with Crippen LogP contribution in [0.4, 0.5) is 4.39 Å². The maximum Gasteiger partial charge on any atom is 0.137 e. The fraction of sp³-hybridized carbons (Fsp3) is 0.538. The van der Waals surface area contributed by atoms with E-state index >= 15 is 0 Å². The van der Waals surface area contributed by atoms with Crippen LogP contribution in [0.1, 0.15) is 37.8 Å². The lowest BCUT2D eigenvalue weighted by Gasteiger charge is -2.14. The Morgan fingerprint density at radius 3 is 2.88 bits per heavy atom. The van der Waals surface area contributed by atoms with Gasteiger partial charge < -0.3 is 5.32 Å². The summed E-state index contributed by atoms with van der Waals surface area (Å²) in [5.41, 5.74) is 1.13. The molecule has 1 saturated carbocycles. The Bertz CT molecular complexity index is 363. The van der Waals surface area contributed by atoms with Crippen LogP contribution in [0.25, 0.3) is 0 Å². The summed E-state index contributed by atoms with van der Waals surface area (Å²) in [7, 11) is 0. The highest BCUT2D eigenvalue weighted by Gasteiger charge is 2.20. The maximum absolute atomic E-state index is 13.1. The molecular weight excluding hydrogens is 269 g/mol. The smallest absolute Gasteiger partial charge is 0.137 e. The van der Waals surface area contributed by atoms with E-state index in [9.17, 15) is 4.39 Å². The minimum Gasteiger partial charge on any atom is -0.310 e. The van der Waals surface area contributed by atoms with E-state index in [2.05, 4.69) is 28.2 Å². The topological polar surface area (TPSA) is 12.0 Å². The second kappa shape index (κ2) is 5.28. The molecule has 1 atom stereocenters. The lowest BCUT2D eigenvalue weighted by atomic mass is 10.1. The van der Waals surface area contributed by atoms with E-state index in [-0.39, 0.29) is 11.9 Å². The van der Waals surface area contributed by atoms with Gasteiger partial charge in [0.1, 0.15) is 5.82 Å². The Hall–Kier alpha value is -0.410. The zero-order valence-corrected chi connectivity index (χ0v) is 11.1. The van der Waals surface area contributed by atoms with E-state index < -0.39 is 0 Å². The van der Waals surface area contributed by atoms with Gasteiger partial charge in [-0.1, -0.05) is 18.9 Å². The van der Waals surface area contributed by atoms with Gasteiger partial charge in [-0.25, -0.2) is 4.39 Å². The molecule has 2 rings (SSSR count). The molecule has 0 heterocycles. The highest BCUT2D eigenvalue weighted by molar-refractivity contribution is 9.10. The van der Waals surface area contributed by atoms with Crippen molar-refractivity contribution in [1.82, 2.24) is 5.32 Å². The predicted molar refractivity (Wildman–Crippen MR) is 67.9 cm³/mol. The molecule has 0 radical (unpaired) electrons. The molecule has 0 aromatic heterocycles. The van der Waals surface area contributed by atoms with Gasteiger partial charge in [0.2, 0.25) is 0 Å². The van der Waals surface area contributed by atoms with Crippen LogP contribution < -0.4 is 5.32 Å². The predicted octanol–water partition coefficient (Wildman–Crippen LogP) is 4.04. The molecule has 1 aliphatic carbocycles. The Morgan fingerprint density at radius 1 is 1.50 bits per heavy atom. The fourth-order valence-electron chi connectivity index (χ4n) is 1.81. The van der Waals surface area contributed by atoms with E-state index in [0.29, 0.717) is 4.47 Å². The molecule has 1 aromatic rings. The summed E-state index contributed by atoms with van der Waals surface area (Å²) in [6, 6.07) is 5.49. The number of hydrogen-bond acceptors (Lipinski definition) is 1. The molecule has 0 aliphatic heterocycles. The largest absolute Gasteiger partial charge is 0.310 e. The first-order valence-corrected chi connectivity index (χ1v) is 6.64. The summed E-state index contributed by atoms with van der Waals surface area (Å²) < 4.78 is 13.6. The first kappa shape index (κ1) is 12.1. The van der Waals surface area contributed by atoms with Gasteiger partial charge in [-0.05, 0) is 59.4 Å². The van der Waals surface area contributed by atoms with Gasteiger partial charge in [-0.15, -0.1) is 0 Å². The summed E-state index contributed by atoms with van der Waals surface area (Å²) in [6.45, 7) is 3.17. The number of rotatable bonds is 5. The normalized spacial score (nSPS) is 17.4. The van der Waals surface area contributed by atoms with Crippen LogP contribution in [0.5, 0.6) is 0 Å². The lowest BCUT2D eigenvalue weighted by molar-refractivity contribution is 0.537. The van der Waals surface area contributed by atoms with E-state index in [0.717, 1.165) is 18.0 Å². The summed E-state index contributed by atoms with van der Waals surface area (Å²) in [6.07, 6.45) is 4.07. The molecule has 1 aromatic carbocycles. The van der Waals surface area contributed by atoms with Crippen molar-refractivity contribution >= 4 is 15.9 Å². The van der Waals surface area contributed by atoms with Crippen molar-refractivity contribution in [2.45, 2.75) is 32.2 Å². The molecule has 0 bridgehead atoms. The second-order valence-corrected chi connectivity index (χ2v) is 5.44. The third-order valence-corrected chi connectivity index (χ3v) is 3.75. The maximum atomic E-state index is 13.1. The lowest BCUT2D eigenvalue weighted by Crippen LogP contribution is -2.20. The molecule has 0 saturated heterocycles. The van der Waals surface area contributed by atoms with Gasteiger partial charge in [-0.2, -0.15) is 0 Å². The van der Waals surface area contributed by atoms with Crippen LogP contribution in [-0.2, 0) is 0 Å². The number of hydrogen-bond donors (Lipinski definition) is 1. The van der Waals surface area contributed by atoms with Crippen LogP contribution in [0.2, 0.25) is 0 Å². The van der Waals surface area contributed by atoms with Crippen LogP contribution in [0, 0.1) is 11.7 Å². The van der Waals surface area contributed by atoms with Crippen molar-refractivity contribution in [3.8, 4) is 0 Å². The summed E-state index contributed by atoms with van der Waals surface area (Å²) in [4.78, 5) is 0. The Labute approximate surface area is 105 Å². The van der Waals surface area contributed by atoms with Gasteiger partial charge in [0.15, 0.2) is 0 Å². The minimum absolute atomic E-state index is 0.200. The average molecular weight is 286 g/mol. The third kappa shape index (κ3) is 3.29. The Kier molecular flexibility index (Phi) is 3.98. The summed E-state index contributed by atoms with van der Waals surface area (Å²) in [5.74, 6) is 0.758.